The maximum absolute atomic E-state index is 12.6. The molecule has 2 N–H and O–H groups in total. The highest BCUT2D eigenvalue weighted by Crippen LogP contribution is 2.51. The molecular weight excluding hydrogens is 204 g/mol. The number of hydrogen-bond acceptors (Lipinski definition) is 3. The quantitative estimate of drug-likeness (QED) is 0.738. The van der Waals surface area contributed by atoms with Crippen molar-refractivity contribution in [2.75, 3.05) is 0 Å². The number of esters is 1. The first-order valence-electron chi connectivity index (χ1n) is 4.98. The summed E-state index contributed by atoms with van der Waals surface area (Å²) in [5.41, 5.74) is 4.85. The third-order valence-corrected chi connectivity index (χ3v) is 2.20. The lowest BCUT2D eigenvalue weighted by Crippen LogP contribution is -2.38. The van der Waals surface area contributed by atoms with Gasteiger partial charge < -0.3 is 10.5 Å². The molecule has 88 valence electrons. The van der Waals surface area contributed by atoms with E-state index in [2.05, 4.69) is 0 Å². The van der Waals surface area contributed by atoms with Crippen molar-refractivity contribution in [1.29, 1.82) is 0 Å². The van der Waals surface area contributed by atoms with Gasteiger partial charge in [-0.2, -0.15) is 0 Å². The van der Waals surface area contributed by atoms with E-state index in [1.165, 1.54) is 0 Å². The van der Waals surface area contributed by atoms with Crippen molar-refractivity contribution in [2.45, 2.75) is 51.2 Å². The Morgan fingerprint density at radius 1 is 1.60 bits per heavy atom. The van der Waals surface area contributed by atoms with Gasteiger partial charge in [0, 0.05) is 12.3 Å². The molecule has 2 unspecified atom stereocenters. The fourth-order valence-corrected chi connectivity index (χ4v) is 1.31. The number of halogens is 2. The van der Waals surface area contributed by atoms with Gasteiger partial charge >= 0.3 is 5.97 Å². The third-order valence-electron chi connectivity index (χ3n) is 2.20. The Hall–Kier alpha value is -0.710. The molecule has 15 heavy (non-hydrogen) atoms. The molecule has 5 heteroatoms. The van der Waals surface area contributed by atoms with E-state index in [0.717, 1.165) is 0 Å². The van der Waals surface area contributed by atoms with Crippen LogP contribution in [0.5, 0.6) is 0 Å². The largest absolute Gasteiger partial charge is 0.459 e. The van der Waals surface area contributed by atoms with Crippen LogP contribution in [0.15, 0.2) is 0 Å². The van der Waals surface area contributed by atoms with Gasteiger partial charge in [-0.05, 0) is 27.2 Å². The van der Waals surface area contributed by atoms with E-state index >= 15 is 0 Å². The van der Waals surface area contributed by atoms with Crippen LogP contribution in [-0.4, -0.2) is 23.5 Å². The molecule has 0 aromatic heterocycles. The van der Waals surface area contributed by atoms with Crippen LogP contribution < -0.4 is 5.73 Å². The van der Waals surface area contributed by atoms with E-state index in [4.69, 9.17) is 10.5 Å². The van der Waals surface area contributed by atoms with Crippen molar-refractivity contribution in [3.63, 3.8) is 0 Å². The van der Waals surface area contributed by atoms with E-state index in [1.807, 2.05) is 0 Å². The summed E-state index contributed by atoms with van der Waals surface area (Å²) < 4.78 is 30.1. The van der Waals surface area contributed by atoms with Gasteiger partial charge in [0.25, 0.3) is 5.92 Å². The zero-order valence-electron chi connectivity index (χ0n) is 9.22. The van der Waals surface area contributed by atoms with Crippen molar-refractivity contribution >= 4 is 5.97 Å². The third kappa shape index (κ3) is 3.74. The maximum atomic E-state index is 12.6. The molecule has 1 fully saturated rings. The van der Waals surface area contributed by atoms with Gasteiger partial charge in [0.1, 0.15) is 11.6 Å². The van der Waals surface area contributed by atoms with Crippen LogP contribution >= 0.6 is 0 Å². The van der Waals surface area contributed by atoms with E-state index < -0.39 is 29.5 Å². The Labute approximate surface area is 88.0 Å². The van der Waals surface area contributed by atoms with Crippen molar-refractivity contribution in [3.05, 3.63) is 0 Å². The Bertz CT molecular complexity index is 261. The second-order valence-electron chi connectivity index (χ2n) is 5.04. The van der Waals surface area contributed by atoms with E-state index in [1.54, 1.807) is 20.8 Å². The number of nitrogens with two attached hydrogens (primary N) is 1. The highest BCUT2D eigenvalue weighted by atomic mass is 19.3. The summed E-state index contributed by atoms with van der Waals surface area (Å²) in [6, 6.07) is -0.942. The lowest BCUT2D eigenvalue weighted by Gasteiger charge is -2.22. The molecule has 1 rings (SSSR count). The molecule has 1 saturated carbocycles. The SMILES string of the molecule is CC(C)(C)OC(=O)C(N)CC1CC1(F)F. The normalized spacial score (nSPS) is 25.9. The van der Waals surface area contributed by atoms with Gasteiger partial charge in [-0.3, -0.25) is 4.79 Å². The second-order valence-corrected chi connectivity index (χ2v) is 5.04. The summed E-state index contributed by atoms with van der Waals surface area (Å²) in [5.74, 6) is -3.98. The van der Waals surface area contributed by atoms with Crippen molar-refractivity contribution in [2.24, 2.45) is 11.7 Å². The van der Waals surface area contributed by atoms with Crippen molar-refractivity contribution in [3.8, 4) is 0 Å². The van der Waals surface area contributed by atoms with Gasteiger partial charge in [0.05, 0.1) is 0 Å². The Morgan fingerprint density at radius 3 is 2.40 bits per heavy atom. The lowest BCUT2D eigenvalue weighted by molar-refractivity contribution is -0.156. The molecule has 0 amide bonds. The fourth-order valence-electron chi connectivity index (χ4n) is 1.31. The fraction of sp³-hybridized carbons (Fsp3) is 0.900. The van der Waals surface area contributed by atoms with Crippen LogP contribution in [0, 0.1) is 5.92 Å². The lowest BCUT2D eigenvalue weighted by atomic mass is 10.1. The number of rotatable bonds is 3. The van der Waals surface area contributed by atoms with E-state index in [9.17, 15) is 13.6 Å². The minimum atomic E-state index is -2.63. The molecule has 0 aromatic rings. The van der Waals surface area contributed by atoms with Crippen molar-refractivity contribution < 1.29 is 18.3 Å². The monoisotopic (exact) mass is 221 g/mol. The summed E-state index contributed by atoms with van der Waals surface area (Å²) in [7, 11) is 0. The Balaban J connectivity index is 2.35. The molecule has 0 radical (unpaired) electrons. The average molecular weight is 221 g/mol. The van der Waals surface area contributed by atoms with Crippen LogP contribution in [0.1, 0.15) is 33.6 Å². The van der Waals surface area contributed by atoms with Crippen LogP contribution in [0.2, 0.25) is 0 Å². The number of hydrogen-bond donors (Lipinski definition) is 1. The zero-order chi connectivity index (χ0) is 11.9. The van der Waals surface area contributed by atoms with E-state index in [0.29, 0.717) is 0 Å². The first-order valence-corrected chi connectivity index (χ1v) is 4.98. The van der Waals surface area contributed by atoms with Gasteiger partial charge in [0.15, 0.2) is 0 Å². The summed E-state index contributed by atoms with van der Waals surface area (Å²) in [6.07, 6.45) is -0.161. The summed E-state index contributed by atoms with van der Waals surface area (Å²) in [6.45, 7) is 5.13. The molecule has 0 saturated heterocycles. The first kappa shape index (κ1) is 12.4. The summed E-state index contributed by atoms with van der Waals surface area (Å²) in [4.78, 5) is 11.3. The van der Waals surface area contributed by atoms with Crippen LogP contribution in [0.25, 0.3) is 0 Å². The molecule has 0 aliphatic heterocycles. The highest BCUT2D eigenvalue weighted by molar-refractivity contribution is 5.75. The Morgan fingerprint density at radius 2 is 2.07 bits per heavy atom. The maximum Gasteiger partial charge on any atom is 0.323 e. The predicted octanol–water partition coefficient (Wildman–Crippen LogP) is 1.70. The first-order chi connectivity index (χ1) is 6.62. The van der Waals surface area contributed by atoms with Gasteiger partial charge in [-0.25, -0.2) is 8.78 Å². The van der Waals surface area contributed by atoms with Gasteiger partial charge in [-0.1, -0.05) is 0 Å². The van der Waals surface area contributed by atoms with Crippen LogP contribution in [0.4, 0.5) is 8.78 Å². The zero-order valence-corrected chi connectivity index (χ0v) is 9.22. The molecule has 0 aromatic carbocycles. The minimum absolute atomic E-state index is 0.00190. The van der Waals surface area contributed by atoms with Gasteiger partial charge in [-0.15, -0.1) is 0 Å². The molecule has 1 aliphatic carbocycles. The number of ether oxygens (including phenoxy) is 1. The van der Waals surface area contributed by atoms with Crippen LogP contribution in [0.3, 0.4) is 0 Å². The molecular formula is C10H17F2NO2. The van der Waals surface area contributed by atoms with Crippen molar-refractivity contribution in [1.82, 2.24) is 0 Å². The minimum Gasteiger partial charge on any atom is -0.459 e. The summed E-state index contributed by atoms with van der Waals surface area (Å²) >= 11 is 0. The highest BCUT2D eigenvalue weighted by Gasteiger charge is 2.57. The smallest absolute Gasteiger partial charge is 0.323 e. The molecule has 0 heterocycles. The van der Waals surface area contributed by atoms with Crippen LogP contribution in [-0.2, 0) is 9.53 Å². The number of carbonyl (C=O) groups is 1. The number of carbonyl (C=O) groups excluding carboxylic acids is 1. The molecule has 1 aliphatic rings. The molecule has 0 spiro atoms. The molecule has 0 bridgehead atoms. The van der Waals surface area contributed by atoms with Gasteiger partial charge in [0.2, 0.25) is 0 Å². The standard InChI is InChI=1S/C10H17F2NO2/c1-9(2,3)15-8(14)7(13)4-6-5-10(6,11)12/h6-7H,4-5,13H2,1-3H3. The Kier molecular flexibility index (Phi) is 3.05. The number of alkyl halides is 2. The average Bonchev–Trinajstić information content (AvgIpc) is 2.54. The molecule has 2 atom stereocenters. The predicted molar refractivity (Wildman–Crippen MR) is 51.5 cm³/mol. The topological polar surface area (TPSA) is 52.3 Å². The molecule has 3 nitrogen and oxygen atoms in total. The van der Waals surface area contributed by atoms with E-state index in [-0.39, 0.29) is 12.8 Å². The summed E-state index contributed by atoms with van der Waals surface area (Å²) in [5, 5.41) is 0. The second kappa shape index (κ2) is 3.70.